The van der Waals surface area contributed by atoms with Gasteiger partial charge in [-0.15, -0.1) is 0 Å². The van der Waals surface area contributed by atoms with Gasteiger partial charge in [0.25, 0.3) is 0 Å². The molecule has 0 fully saturated rings. The number of hydrogen-bond acceptors (Lipinski definition) is 3. The maximum absolute atomic E-state index is 4.91. The van der Waals surface area contributed by atoms with Crippen molar-refractivity contribution >= 4 is 43.4 Å². The zero-order chi connectivity index (χ0) is 34.9. The molecule has 2 heterocycles. The highest BCUT2D eigenvalue weighted by Crippen LogP contribution is 2.37. The quantitative estimate of drug-likeness (QED) is 0.188. The number of fused-ring (bicyclic) bond motifs is 6. The minimum Gasteiger partial charge on any atom is -0.309 e. The van der Waals surface area contributed by atoms with Crippen molar-refractivity contribution in [3.8, 4) is 39.9 Å². The van der Waals surface area contributed by atoms with Crippen LogP contribution in [0.15, 0.2) is 188 Å². The molecular weight excluding hydrogens is 633 g/mol. The first kappa shape index (κ1) is 31.1. The summed E-state index contributed by atoms with van der Waals surface area (Å²) in [6.07, 6.45) is 0. The molecule has 2 aromatic heterocycles. The minimum atomic E-state index is 0.651. The van der Waals surface area contributed by atoms with Crippen LogP contribution in [0.1, 0.15) is 5.56 Å². The van der Waals surface area contributed by atoms with Crippen LogP contribution >= 0.6 is 0 Å². The highest BCUT2D eigenvalue weighted by Gasteiger charge is 2.16. The van der Waals surface area contributed by atoms with Crippen LogP contribution in [0, 0.1) is 6.92 Å². The third-order valence-electron chi connectivity index (χ3n) is 9.55. The van der Waals surface area contributed by atoms with Crippen LogP contribution in [0.3, 0.4) is 0 Å². The van der Waals surface area contributed by atoms with Crippen LogP contribution in [0.4, 0.5) is 0 Å². The van der Waals surface area contributed by atoms with Crippen LogP contribution in [-0.2, 0) is 0 Å². The van der Waals surface area contributed by atoms with Crippen molar-refractivity contribution in [1.82, 2.24) is 19.5 Å². The van der Waals surface area contributed by atoms with E-state index >= 15 is 0 Å². The molecular formula is C48H34N4. The van der Waals surface area contributed by atoms with Crippen molar-refractivity contribution in [2.24, 2.45) is 0 Å². The van der Waals surface area contributed by atoms with Crippen LogP contribution in [-0.4, -0.2) is 19.5 Å². The summed E-state index contributed by atoms with van der Waals surface area (Å²) in [5.41, 5.74) is 7.60. The maximum atomic E-state index is 4.91. The van der Waals surface area contributed by atoms with E-state index in [1.54, 1.807) is 0 Å². The Morgan fingerprint density at radius 3 is 1.42 bits per heavy atom. The van der Waals surface area contributed by atoms with Crippen LogP contribution < -0.4 is 0 Å². The van der Waals surface area contributed by atoms with Gasteiger partial charge in [-0.1, -0.05) is 157 Å². The fourth-order valence-corrected chi connectivity index (χ4v) is 7.01. The number of para-hydroxylation sites is 1. The second kappa shape index (κ2) is 13.4. The molecule has 0 aliphatic heterocycles. The summed E-state index contributed by atoms with van der Waals surface area (Å²) in [5, 5.41) is 7.70. The fraction of sp³-hybridized carbons (Fsp3) is 0.0208. The second-order valence-electron chi connectivity index (χ2n) is 13.0. The van der Waals surface area contributed by atoms with E-state index in [-0.39, 0.29) is 0 Å². The number of nitrogens with zero attached hydrogens (tertiary/aromatic N) is 4. The standard InChI is InChI=1S/C38H26N4.C10H8/c1-25-16-17-26-20-23-34-35(32(26)24-25)31-14-8-9-15-33(31)42(34)30-21-18-29(19-22-30)38-40-36(27-10-4-2-5-11-27)39-37(41-38)28-12-6-3-7-13-28;1-2-6-10-8-4-3-7-9(10)5-1/h2-24H,1H3;1-8H. The monoisotopic (exact) mass is 666 g/mol. The lowest BCUT2D eigenvalue weighted by molar-refractivity contribution is 1.07. The van der Waals surface area contributed by atoms with Crippen LogP contribution in [0.2, 0.25) is 0 Å². The molecule has 0 aliphatic carbocycles. The largest absolute Gasteiger partial charge is 0.309 e. The first-order valence-corrected chi connectivity index (χ1v) is 17.5. The first-order chi connectivity index (χ1) is 25.7. The highest BCUT2D eigenvalue weighted by atomic mass is 15.0. The van der Waals surface area contributed by atoms with E-state index in [9.17, 15) is 0 Å². The fourth-order valence-electron chi connectivity index (χ4n) is 7.01. The molecule has 4 heteroatoms. The number of rotatable bonds is 4. The normalized spacial score (nSPS) is 11.2. The first-order valence-electron chi connectivity index (χ1n) is 17.5. The van der Waals surface area contributed by atoms with Gasteiger partial charge >= 0.3 is 0 Å². The Labute approximate surface area is 302 Å². The summed E-state index contributed by atoms with van der Waals surface area (Å²) < 4.78 is 2.36. The molecule has 0 amide bonds. The van der Waals surface area contributed by atoms with Crippen molar-refractivity contribution in [2.45, 2.75) is 6.92 Å². The zero-order valence-corrected chi connectivity index (χ0v) is 28.7. The number of hydrogen-bond donors (Lipinski definition) is 0. The summed E-state index contributed by atoms with van der Waals surface area (Å²) in [5.74, 6) is 1.97. The summed E-state index contributed by atoms with van der Waals surface area (Å²) in [7, 11) is 0. The zero-order valence-electron chi connectivity index (χ0n) is 28.7. The molecule has 4 nitrogen and oxygen atoms in total. The van der Waals surface area contributed by atoms with Crippen molar-refractivity contribution < 1.29 is 0 Å². The number of aromatic nitrogens is 4. The van der Waals surface area contributed by atoms with Crippen molar-refractivity contribution in [3.05, 3.63) is 194 Å². The molecule has 0 saturated heterocycles. The Balaban J connectivity index is 0.000000310. The lowest BCUT2D eigenvalue weighted by Crippen LogP contribution is -2.00. The summed E-state index contributed by atoms with van der Waals surface area (Å²) in [6, 6.07) is 65.2. The van der Waals surface area contributed by atoms with Gasteiger partial charge in [0.2, 0.25) is 0 Å². The molecule has 10 aromatic rings. The van der Waals surface area contributed by atoms with E-state index in [0.717, 1.165) is 22.4 Å². The average molecular weight is 667 g/mol. The van der Waals surface area contributed by atoms with E-state index in [4.69, 9.17) is 15.0 Å². The SMILES string of the molecule is Cc1ccc2ccc3c(c2c1)c1ccccc1n3-c1ccc(-c2nc(-c3ccccc3)nc(-c3ccccc3)n2)cc1.c1ccc2ccccc2c1. The molecule has 0 spiro atoms. The molecule has 0 aliphatic rings. The predicted molar refractivity (Wildman–Crippen MR) is 217 cm³/mol. The summed E-state index contributed by atoms with van der Waals surface area (Å²) >= 11 is 0. The smallest absolute Gasteiger partial charge is 0.164 e. The van der Waals surface area contributed by atoms with Gasteiger partial charge in [-0.2, -0.15) is 0 Å². The third-order valence-corrected chi connectivity index (χ3v) is 9.55. The van der Waals surface area contributed by atoms with Crippen LogP contribution in [0.5, 0.6) is 0 Å². The van der Waals surface area contributed by atoms with Crippen molar-refractivity contribution in [2.75, 3.05) is 0 Å². The maximum Gasteiger partial charge on any atom is 0.164 e. The third kappa shape index (κ3) is 5.86. The van der Waals surface area contributed by atoms with Crippen LogP contribution in [0.25, 0.3) is 83.2 Å². The van der Waals surface area contributed by atoms with Crippen molar-refractivity contribution in [1.29, 1.82) is 0 Å². The number of aryl methyl sites for hydroxylation is 1. The van der Waals surface area contributed by atoms with Gasteiger partial charge < -0.3 is 4.57 Å². The Morgan fingerprint density at radius 2 is 0.846 bits per heavy atom. The van der Waals surface area contributed by atoms with E-state index in [0.29, 0.717) is 17.5 Å². The van der Waals surface area contributed by atoms with Gasteiger partial charge in [-0.3, -0.25) is 0 Å². The molecule has 0 N–H and O–H groups in total. The summed E-state index contributed by atoms with van der Waals surface area (Å²) in [4.78, 5) is 14.6. The van der Waals surface area contributed by atoms with E-state index < -0.39 is 0 Å². The molecule has 10 rings (SSSR count). The topological polar surface area (TPSA) is 43.6 Å². The lowest BCUT2D eigenvalue weighted by Gasteiger charge is -2.11. The molecule has 0 atom stereocenters. The van der Waals surface area contributed by atoms with Gasteiger partial charge in [0.05, 0.1) is 11.0 Å². The van der Waals surface area contributed by atoms with Crippen molar-refractivity contribution in [3.63, 3.8) is 0 Å². The Kier molecular flexibility index (Phi) is 8.03. The van der Waals surface area contributed by atoms with Gasteiger partial charge in [-0.25, -0.2) is 15.0 Å². The Hall–Kier alpha value is -6.91. The predicted octanol–water partition coefficient (Wildman–Crippen LogP) is 12.3. The Bertz CT molecular complexity index is 2720. The van der Waals surface area contributed by atoms with E-state index in [1.165, 1.54) is 48.9 Å². The van der Waals surface area contributed by atoms with Gasteiger partial charge in [-0.05, 0) is 64.9 Å². The highest BCUT2D eigenvalue weighted by molar-refractivity contribution is 6.21. The molecule has 0 saturated carbocycles. The Morgan fingerprint density at radius 1 is 0.365 bits per heavy atom. The molecule has 0 radical (unpaired) electrons. The van der Waals surface area contributed by atoms with Gasteiger partial charge in [0, 0.05) is 33.2 Å². The van der Waals surface area contributed by atoms with Gasteiger partial charge in [0.1, 0.15) is 0 Å². The lowest BCUT2D eigenvalue weighted by atomic mass is 10.0. The van der Waals surface area contributed by atoms with E-state index in [1.807, 2.05) is 60.7 Å². The summed E-state index contributed by atoms with van der Waals surface area (Å²) in [6.45, 7) is 2.16. The second-order valence-corrected chi connectivity index (χ2v) is 13.0. The van der Waals surface area contributed by atoms with Gasteiger partial charge in [0.15, 0.2) is 17.5 Å². The molecule has 52 heavy (non-hydrogen) atoms. The molecule has 0 bridgehead atoms. The average Bonchev–Trinajstić information content (AvgIpc) is 3.56. The van der Waals surface area contributed by atoms with E-state index in [2.05, 4.69) is 139 Å². The minimum absolute atomic E-state index is 0.651. The molecule has 246 valence electrons. The molecule has 8 aromatic carbocycles. The number of benzene rings is 8. The molecule has 0 unspecified atom stereocenters.